The van der Waals surface area contributed by atoms with E-state index in [-0.39, 0.29) is 5.91 Å². The molecular formula is C18H26N6O. The van der Waals surface area contributed by atoms with E-state index < -0.39 is 0 Å². The molecule has 1 atom stereocenters. The second-order valence-electron chi connectivity index (χ2n) is 7.26. The fourth-order valence-electron chi connectivity index (χ4n) is 4.23. The minimum atomic E-state index is -0.140. The zero-order chi connectivity index (χ0) is 17.4. The molecule has 4 heterocycles. The van der Waals surface area contributed by atoms with Gasteiger partial charge in [0, 0.05) is 31.7 Å². The van der Waals surface area contributed by atoms with Gasteiger partial charge in [-0.2, -0.15) is 5.10 Å². The first-order chi connectivity index (χ1) is 12.2. The molecule has 1 unspecified atom stereocenters. The number of hydrogen-bond donors (Lipinski definition) is 1. The maximum atomic E-state index is 12.0. The van der Waals surface area contributed by atoms with Gasteiger partial charge in [-0.3, -0.25) is 9.69 Å². The number of likely N-dealkylation sites (tertiary alicyclic amines) is 2. The van der Waals surface area contributed by atoms with Gasteiger partial charge in [-0.15, -0.1) is 0 Å². The van der Waals surface area contributed by atoms with Crippen LogP contribution in [-0.4, -0.2) is 76.6 Å². The molecule has 0 spiro atoms. The van der Waals surface area contributed by atoms with Gasteiger partial charge in [0.15, 0.2) is 5.65 Å². The van der Waals surface area contributed by atoms with Crippen molar-refractivity contribution in [1.82, 2.24) is 29.7 Å². The van der Waals surface area contributed by atoms with Crippen LogP contribution >= 0.6 is 0 Å². The molecule has 0 aromatic carbocycles. The number of carbonyl (C=O) groups is 1. The maximum Gasteiger partial charge on any atom is 0.256 e. The third-order valence-electron chi connectivity index (χ3n) is 5.74. The van der Waals surface area contributed by atoms with Gasteiger partial charge in [-0.05, 0) is 52.0 Å². The van der Waals surface area contributed by atoms with Crippen LogP contribution in [0, 0.1) is 0 Å². The van der Waals surface area contributed by atoms with E-state index in [9.17, 15) is 4.79 Å². The van der Waals surface area contributed by atoms with E-state index in [0.717, 1.165) is 25.2 Å². The normalized spacial score (nSPS) is 23.4. The molecular weight excluding hydrogens is 316 g/mol. The summed E-state index contributed by atoms with van der Waals surface area (Å²) in [4.78, 5) is 21.4. The van der Waals surface area contributed by atoms with Crippen molar-refractivity contribution in [1.29, 1.82) is 0 Å². The van der Waals surface area contributed by atoms with Crippen LogP contribution in [-0.2, 0) is 0 Å². The van der Waals surface area contributed by atoms with Crippen molar-refractivity contribution in [2.75, 3.05) is 40.3 Å². The van der Waals surface area contributed by atoms with Crippen molar-refractivity contribution < 1.29 is 4.79 Å². The molecule has 0 aliphatic carbocycles. The molecule has 2 aliphatic heterocycles. The molecule has 2 aliphatic rings. The van der Waals surface area contributed by atoms with Crippen LogP contribution in [0.25, 0.3) is 5.65 Å². The molecule has 2 fully saturated rings. The van der Waals surface area contributed by atoms with Gasteiger partial charge in [0.1, 0.15) is 5.56 Å². The average Bonchev–Trinajstić information content (AvgIpc) is 3.28. The first kappa shape index (κ1) is 16.5. The Bertz CT molecular complexity index is 764. The van der Waals surface area contributed by atoms with Crippen molar-refractivity contribution in [3.05, 3.63) is 29.7 Å². The molecule has 2 aromatic heterocycles. The van der Waals surface area contributed by atoms with Crippen LogP contribution in [0.2, 0.25) is 0 Å². The summed E-state index contributed by atoms with van der Waals surface area (Å²) in [6.07, 6.45) is 7.08. The molecule has 0 radical (unpaired) electrons. The van der Waals surface area contributed by atoms with E-state index in [1.807, 2.05) is 4.52 Å². The highest BCUT2D eigenvalue weighted by molar-refractivity contribution is 5.99. The zero-order valence-corrected chi connectivity index (χ0v) is 15.0. The van der Waals surface area contributed by atoms with Gasteiger partial charge in [0.2, 0.25) is 0 Å². The van der Waals surface area contributed by atoms with Crippen LogP contribution in [0.4, 0.5) is 0 Å². The Kier molecular flexibility index (Phi) is 4.43. The van der Waals surface area contributed by atoms with Crippen LogP contribution in [0.3, 0.4) is 0 Å². The van der Waals surface area contributed by atoms with Gasteiger partial charge in [-0.1, -0.05) is 0 Å². The molecule has 0 bridgehead atoms. The lowest BCUT2D eigenvalue weighted by atomic mass is 10.0. The Hall–Kier alpha value is -1.99. The number of fused-ring (bicyclic) bond motifs is 1. The first-order valence-electron chi connectivity index (χ1n) is 9.14. The highest BCUT2D eigenvalue weighted by Crippen LogP contribution is 2.31. The maximum absolute atomic E-state index is 12.0. The van der Waals surface area contributed by atoms with Crippen molar-refractivity contribution in [3.8, 4) is 0 Å². The fraction of sp³-hybridized carbons (Fsp3) is 0.611. The molecule has 4 rings (SSSR count). The van der Waals surface area contributed by atoms with E-state index in [0.29, 0.717) is 23.2 Å². The van der Waals surface area contributed by atoms with Crippen molar-refractivity contribution in [2.24, 2.45) is 0 Å². The van der Waals surface area contributed by atoms with Crippen LogP contribution < -0.4 is 5.32 Å². The molecule has 7 nitrogen and oxygen atoms in total. The second-order valence-corrected chi connectivity index (χ2v) is 7.26. The monoisotopic (exact) mass is 342 g/mol. The van der Waals surface area contributed by atoms with E-state index in [1.165, 1.54) is 25.9 Å². The Balaban J connectivity index is 1.55. The Morgan fingerprint density at radius 1 is 1.24 bits per heavy atom. The minimum Gasteiger partial charge on any atom is -0.355 e. The van der Waals surface area contributed by atoms with Gasteiger partial charge in [0.25, 0.3) is 5.91 Å². The second kappa shape index (κ2) is 6.72. The summed E-state index contributed by atoms with van der Waals surface area (Å²) in [6, 6.07) is 2.76. The van der Waals surface area contributed by atoms with Gasteiger partial charge in [-0.25, -0.2) is 9.50 Å². The molecule has 134 valence electrons. The zero-order valence-electron chi connectivity index (χ0n) is 15.0. The van der Waals surface area contributed by atoms with Gasteiger partial charge in [0.05, 0.1) is 11.9 Å². The number of nitrogens with zero attached hydrogens (tertiary/aromatic N) is 5. The van der Waals surface area contributed by atoms with E-state index >= 15 is 0 Å². The van der Waals surface area contributed by atoms with E-state index in [1.54, 1.807) is 19.4 Å². The minimum absolute atomic E-state index is 0.140. The quantitative estimate of drug-likeness (QED) is 0.900. The molecule has 7 heteroatoms. The van der Waals surface area contributed by atoms with E-state index in [2.05, 4.69) is 38.3 Å². The van der Waals surface area contributed by atoms with Crippen LogP contribution in [0.15, 0.2) is 18.5 Å². The lowest BCUT2D eigenvalue weighted by Gasteiger charge is -2.35. The smallest absolute Gasteiger partial charge is 0.256 e. The number of aromatic nitrogens is 3. The molecule has 25 heavy (non-hydrogen) atoms. The number of amides is 1. The summed E-state index contributed by atoms with van der Waals surface area (Å²) >= 11 is 0. The molecule has 0 saturated carbocycles. The summed E-state index contributed by atoms with van der Waals surface area (Å²) in [5.41, 5.74) is 2.35. The number of hydrogen-bond acceptors (Lipinski definition) is 5. The third kappa shape index (κ3) is 3.02. The number of piperidine rings is 1. The third-order valence-corrected chi connectivity index (χ3v) is 5.74. The lowest BCUT2D eigenvalue weighted by Crippen LogP contribution is -2.42. The van der Waals surface area contributed by atoms with Crippen molar-refractivity contribution in [3.63, 3.8) is 0 Å². The summed E-state index contributed by atoms with van der Waals surface area (Å²) in [5, 5.41) is 7.11. The number of carbonyl (C=O) groups excluding carboxylic acids is 1. The molecule has 2 aromatic rings. The van der Waals surface area contributed by atoms with Crippen LogP contribution in [0.5, 0.6) is 0 Å². The fourth-order valence-corrected chi connectivity index (χ4v) is 4.23. The average molecular weight is 342 g/mol. The van der Waals surface area contributed by atoms with Crippen molar-refractivity contribution in [2.45, 2.75) is 31.2 Å². The molecule has 2 saturated heterocycles. The molecule has 1 N–H and O–H groups in total. The standard InChI is InChI=1S/C18H26N6O/c1-19-18(25)15-11-21-24-16(3-7-20-17(15)24)13-4-10-23(12-13)14-5-8-22(2)9-6-14/h3,7,11,13-14H,4-6,8-10,12H2,1-2H3,(H,19,25). The van der Waals surface area contributed by atoms with Crippen molar-refractivity contribution >= 4 is 11.6 Å². The first-order valence-corrected chi connectivity index (χ1v) is 9.14. The molecule has 1 amide bonds. The Labute approximate surface area is 148 Å². The Morgan fingerprint density at radius 2 is 2.04 bits per heavy atom. The van der Waals surface area contributed by atoms with E-state index in [4.69, 9.17) is 0 Å². The van der Waals surface area contributed by atoms with Crippen LogP contribution in [0.1, 0.15) is 41.2 Å². The predicted molar refractivity (Wildman–Crippen MR) is 95.8 cm³/mol. The highest BCUT2D eigenvalue weighted by atomic mass is 16.1. The van der Waals surface area contributed by atoms with Gasteiger partial charge >= 0.3 is 0 Å². The topological polar surface area (TPSA) is 65.8 Å². The Morgan fingerprint density at radius 3 is 2.80 bits per heavy atom. The summed E-state index contributed by atoms with van der Waals surface area (Å²) in [5.74, 6) is 0.307. The summed E-state index contributed by atoms with van der Waals surface area (Å²) < 4.78 is 1.85. The number of rotatable bonds is 3. The number of nitrogens with one attached hydrogen (secondary N) is 1. The summed E-state index contributed by atoms with van der Waals surface area (Å²) in [6.45, 7) is 4.61. The largest absolute Gasteiger partial charge is 0.355 e. The predicted octanol–water partition coefficient (Wildman–Crippen LogP) is 0.972. The summed E-state index contributed by atoms with van der Waals surface area (Å²) in [7, 11) is 3.84. The lowest BCUT2D eigenvalue weighted by molar-refractivity contribution is 0.0964. The highest BCUT2D eigenvalue weighted by Gasteiger charge is 2.32. The van der Waals surface area contributed by atoms with Gasteiger partial charge < -0.3 is 10.2 Å². The SMILES string of the molecule is CNC(=O)c1cnn2c(C3CCN(C4CCN(C)CC4)C3)ccnc12.